The van der Waals surface area contributed by atoms with Crippen molar-refractivity contribution >= 4 is 11.9 Å². The van der Waals surface area contributed by atoms with E-state index in [1.807, 2.05) is 13.0 Å². The zero-order valence-electron chi connectivity index (χ0n) is 18.0. The number of allylic oxidation sites excluding steroid dienone is 1. The highest BCUT2D eigenvalue weighted by atomic mass is 16.6. The molecule has 4 bridgehead atoms. The summed E-state index contributed by atoms with van der Waals surface area (Å²) < 4.78 is 10.9. The number of carbonyl (C=O) groups is 2. The van der Waals surface area contributed by atoms with Crippen molar-refractivity contribution in [3.8, 4) is 0 Å². The average molecular weight is 403 g/mol. The molecule has 1 N–H and O–H groups in total. The van der Waals surface area contributed by atoms with Gasteiger partial charge in [0.2, 0.25) is 0 Å². The minimum atomic E-state index is -0.554. The van der Waals surface area contributed by atoms with Crippen LogP contribution in [0.3, 0.4) is 0 Å². The van der Waals surface area contributed by atoms with Gasteiger partial charge in [0, 0.05) is 5.57 Å². The molecule has 0 saturated heterocycles. The molecule has 5 saturated carbocycles. The maximum absolute atomic E-state index is 12.5. The van der Waals surface area contributed by atoms with E-state index < -0.39 is 23.1 Å². The molecule has 0 heterocycles. The van der Waals surface area contributed by atoms with Crippen molar-refractivity contribution in [2.45, 2.75) is 96.2 Å². The Kier molecular flexibility index (Phi) is 5.17. The number of rotatable bonds is 5. The highest BCUT2D eigenvalue weighted by Gasteiger charge is 2.56. The molecule has 5 nitrogen and oxygen atoms in total. The predicted octanol–water partition coefficient (Wildman–Crippen LogP) is 4.59. The zero-order chi connectivity index (χ0) is 20.9. The molecule has 2 unspecified atom stereocenters. The lowest BCUT2D eigenvalue weighted by Crippen LogP contribution is -2.55. The van der Waals surface area contributed by atoms with E-state index in [9.17, 15) is 14.7 Å². The number of hydrogen-bond donors (Lipinski definition) is 1. The summed E-state index contributed by atoms with van der Waals surface area (Å²) in [7, 11) is 0. The van der Waals surface area contributed by atoms with Crippen LogP contribution in [0.2, 0.25) is 0 Å². The molecule has 5 rings (SSSR count). The summed E-state index contributed by atoms with van der Waals surface area (Å²) in [6.45, 7) is 5.34. The van der Waals surface area contributed by atoms with Crippen molar-refractivity contribution in [1.29, 1.82) is 0 Å². The van der Waals surface area contributed by atoms with E-state index in [4.69, 9.17) is 9.47 Å². The Bertz CT molecular complexity index is 741. The molecule has 29 heavy (non-hydrogen) atoms. The molecule has 2 atom stereocenters. The van der Waals surface area contributed by atoms with E-state index in [-0.39, 0.29) is 5.41 Å². The Morgan fingerprint density at radius 2 is 1.59 bits per heavy atom. The van der Waals surface area contributed by atoms with Gasteiger partial charge in [-0.15, -0.1) is 0 Å². The van der Waals surface area contributed by atoms with Crippen LogP contribution in [-0.4, -0.2) is 28.2 Å². The van der Waals surface area contributed by atoms with Gasteiger partial charge in [0.25, 0.3) is 0 Å². The first-order valence-electron chi connectivity index (χ1n) is 11.1. The molecule has 160 valence electrons. The third kappa shape index (κ3) is 4.30. The highest BCUT2D eigenvalue weighted by Crippen LogP contribution is 2.62. The summed E-state index contributed by atoms with van der Waals surface area (Å²) in [5.41, 5.74) is -0.192. The van der Waals surface area contributed by atoms with Crippen molar-refractivity contribution in [3.63, 3.8) is 0 Å². The fourth-order valence-corrected chi connectivity index (χ4v) is 6.78. The Balaban J connectivity index is 1.38. The Morgan fingerprint density at radius 3 is 2.17 bits per heavy atom. The maximum atomic E-state index is 12.5. The van der Waals surface area contributed by atoms with Crippen LogP contribution in [0.5, 0.6) is 0 Å². The van der Waals surface area contributed by atoms with Gasteiger partial charge in [-0.1, -0.05) is 6.08 Å². The van der Waals surface area contributed by atoms with Gasteiger partial charge in [-0.2, -0.15) is 0 Å². The predicted molar refractivity (Wildman–Crippen MR) is 109 cm³/mol. The molecule has 5 aliphatic rings. The first kappa shape index (κ1) is 20.6. The molecule has 5 heteroatoms. The second kappa shape index (κ2) is 7.26. The van der Waals surface area contributed by atoms with E-state index in [1.165, 1.54) is 12.7 Å². The van der Waals surface area contributed by atoms with Crippen LogP contribution in [-0.2, 0) is 19.1 Å². The van der Waals surface area contributed by atoms with Crippen molar-refractivity contribution in [2.75, 3.05) is 0 Å². The molecule has 0 aliphatic heterocycles. The van der Waals surface area contributed by atoms with E-state index in [0.717, 1.165) is 57.8 Å². The third-order valence-corrected chi connectivity index (χ3v) is 7.59. The van der Waals surface area contributed by atoms with Crippen molar-refractivity contribution < 1.29 is 24.2 Å². The van der Waals surface area contributed by atoms with Crippen LogP contribution in [0.1, 0.15) is 85.0 Å². The highest BCUT2D eigenvalue weighted by molar-refractivity contribution is 5.90. The van der Waals surface area contributed by atoms with Crippen molar-refractivity contribution in [3.05, 3.63) is 23.5 Å². The van der Waals surface area contributed by atoms with Gasteiger partial charge in [0.15, 0.2) is 0 Å². The lowest BCUT2D eigenvalue weighted by Gasteiger charge is -2.59. The molecule has 0 amide bonds. The summed E-state index contributed by atoms with van der Waals surface area (Å²) in [5, 5.41) is 10.9. The summed E-state index contributed by atoms with van der Waals surface area (Å²) in [4.78, 5) is 24.8. The SMILES string of the molecule is CC(=CC12CC3CC(CC(O)(C3)C1)C2)C(=O)OC=C(C)C(=O)OC1(C)CCCC1. The molecular formula is C24H34O5. The summed E-state index contributed by atoms with van der Waals surface area (Å²) in [5.74, 6) is 0.268. The summed E-state index contributed by atoms with van der Waals surface area (Å²) >= 11 is 0. The molecule has 0 aromatic rings. The van der Waals surface area contributed by atoms with Gasteiger partial charge < -0.3 is 14.6 Å². The molecule has 0 aromatic heterocycles. The molecule has 0 radical (unpaired) electrons. The van der Waals surface area contributed by atoms with Crippen molar-refractivity contribution in [1.82, 2.24) is 0 Å². The van der Waals surface area contributed by atoms with Gasteiger partial charge in [-0.05, 0) is 102 Å². The standard InChI is InChI=1S/C24H34O5/c1-16(9-23-10-18-8-19(11-23)13-24(27,12-18)15-23)20(25)28-14-17(2)21(26)29-22(3)6-4-5-7-22/h9,14,18-19,27H,4-8,10-13,15H2,1-3H3. The quantitative estimate of drug-likeness (QED) is 0.414. The molecule has 5 aliphatic carbocycles. The van der Waals surface area contributed by atoms with E-state index in [0.29, 0.717) is 23.0 Å². The average Bonchev–Trinajstić information content (AvgIpc) is 3.02. The van der Waals surface area contributed by atoms with Gasteiger partial charge in [0.1, 0.15) is 11.9 Å². The molecule has 0 spiro atoms. The number of aliphatic hydroxyl groups is 1. The molecular weight excluding hydrogens is 368 g/mol. The van der Waals surface area contributed by atoms with E-state index in [1.54, 1.807) is 13.8 Å². The lowest BCUT2D eigenvalue weighted by molar-refractivity contribution is -0.152. The van der Waals surface area contributed by atoms with E-state index >= 15 is 0 Å². The largest absolute Gasteiger partial charge is 0.456 e. The van der Waals surface area contributed by atoms with Gasteiger partial charge in [-0.3, -0.25) is 0 Å². The van der Waals surface area contributed by atoms with Crippen molar-refractivity contribution in [2.24, 2.45) is 17.3 Å². The molecule has 5 fully saturated rings. The normalized spacial score (nSPS) is 38.2. The molecule has 0 aromatic carbocycles. The van der Waals surface area contributed by atoms with Gasteiger partial charge in [0.05, 0.1) is 11.2 Å². The fraction of sp³-hybridized carbons (Fsp3) is 0.750. The monoisotopic (exact) mass is 402 g/mol. The smallest absolute Gasteiger partial charge is 0.338 e. The Labute approximate surface area is 173 Å². The first-order chi connectivity index (χ1) is 13.6. The first-order valence-corrected chi connectivity index (χ1v) is 11.1. The van der Waals surface area contributed by atoms with E-state index in [2.05, 4.69) is 0 Å². The van der Waals surface area contributed by atoms with Crippen LogP contribution >= 0.6 is 0 Å². The van der Waals surface area contributed by atoms with Crippen LogP contribution in [0.25, 0.3) is 0 Å². The minimum Gasteiger partial charge on any atom is -0.456 e. The van der Waals surface area contributed by atoms with Crippen LogP contribution in [0.4, 0.5) is 0 Å². The number of ether oxygens (including phenoxy) is 2. The summed E-state index contributed by atoms with van der Waals surface area (Å²) in [6, 6.07) is 0. The summed E-state index contributed by atoms with van der Waals surface area (Å²) in [6.07, 6.45) is 13.0. The zero-order valence-corrected chi connectivity index (χ0v) is 18.0. The van der Waals surface area contributed by atoms with Gasteiger partial charge >= 0.3 is 11.9 Å². The number of hydrogen-bond acceptors (Lipinski definition) is 5. The van der Waals surface area contributed by atoms with Crippen LogP contribution in [0.15, 0.2) is 23.5 Å². The second-order valence-corrected chi connectivity index (χ2v) is 10.6. The second-order valence-electron chi connectivity index (χ2n) is 10.6. The fourth-order valence-electron chi connectivity index (χ4n) is 6.78. The van der Waals surface area contributed by atoms with Crippen LogP contribution < -0.4 is 0 Å². The number of esters is 2. The van der Waals surface area contributed by atoms with Crippen LogP contribution in [0, 0.1) is 17.3 Å². The van der Waals surface area contributed by atoms with Gasteiger partial charge in [-0.25, -0.2) is 9.59 Å². The Morgan fingerprint density at radius 1 is 0.966 bits per heavy atom. The lowest BCUT2D eigenvalue weighted by atomic mass is 9.48. The maximum Gasteiger partial charge on any atom is 0.338 e. The third-order valence-electron chi connectivity index (χ3n) is 7.59. The topological polar surface area (TPSA) is 72.8 Å². The Hall–Kier alpha value is -1.62. The minimum absolute atomic E-state index is 0.0866. The number of carbonyl (C=O) groups excluding carboxylic acids is 2.